The lowest BCUT2D eigenvalue weighted by molar-refractivity contribution is -0.129. The Hall–Kier alpha value is -2.95. The van der Waals surface area contributed by atoms with E-state index in [4.69, 9.17) is 23.7 Å². The fourth-order valence-electron chi connectivity index (χ4n) is 9.22. The number of carbonyl (C=O) groups excluding carboxylic acids is 1. The van der Waals surface area contributed by atoms with E-state index in [9.17, 15) is 13.6 Å². The molecule has 294 valence electrons. The number of hydrogen-bond donors (Lipinski definition) is 0. The molecule has 0 amide bonds. The number of ketones is 1. The molecule has 10 heteroatoms. The summed E-state index contributed by atoms with van der Waals surface area (Å²) in [7, 11) is 3.30. The first kappa shape index (κ1) is 39.7. The number of epoxide rings is 1. The monoisotopic (exact) mass is 739 g/mol. The Kier molecular flexibility index (Phi) is 13.2. The van der Waals surface area contributed by atoms with Gasteiger partial charge < -0.3 is 23.7 Å². The lowest BCUT2D eigenvalue weighted by Crippen LogP contribution is -2.50. The first-order valence-corrected chi connectivity index (χ1v) is 20.0. The summed E-state index contributed by atoms with van der Waals surface area (Å²) in [5, 5.41) is 0. The minimum absolute atomic E-state index is 0.0869. The minimum atomic E-state index is -0.385. The Morgan fingerprint density at radius 3 is 1.79 bits per heavy atom. The Morgan fingerprint density at radius 2 is 1.30 bits per heavy atom. The van der Waals surface area contributed by atoms with Gasteiger partial charge >= 0.3 is 0 Å². The number of hydrogen-bond acceptors (Lipinski definition) is 8. The van der Waals surface area contributed by atoms with Gasteiger partial charge in [-0.1, -0.05) is 27.7 Å². The molecule has 53 heavy (non-hydrogen) atoms. The largest absolute Gasteiger partial charge is 0.493 e. The van der Waals surface area contributed by atoms with Crippen molar-refractivity contribution < 1.29 is 37.3 Å². The van der Waals surface area contributed by atoms with Crippen molar-refractivity contribution in [3.63, 3.8) is 0 Å². The third-order valence-electron chi connectivity index (χ3n) is 11.9. The average molecular weight is 740 g/mol. The van der Waals surface area contributed by atoms with Crippen LogP contribution in [-0.4, -0.2) is 94.8 Å². The molecule has 3 fully saturated rings. The summed E-state index contributed by atoms with van der Waals surface area (Å²) in [5.41, 5.74) is 5.18. The van der Waals surface area contributed by atoms with E-state index in [0.29, 0.717) is 73.6 Å². The highest BCUT2D eigenvalue weighted by atomic mass is 19.1. The van der Waals surface area contributed by atoms with Crippen LogP contribution in [0.3, 0.4) is 0 Å². The first-order chi connectivity index (χ1) is 25.6. The number of nitrogens with zero attached hydrogens (tertiary/aromatic N) is 2. The zero-order chi connectivity index (χ0) is 37.7. The SMILES string of the molecule is COc1cc2c(cc1OCCCF)CCN1CC(CC(C)C)C(=O)CC21.COc1cc2c(cc1OCCC[18F])CCN1C[C@@H](CC(C)C)[C@@]3(CO3)C[C@H]21. The first-order valence-electron chi connectivity index (χ1n) is 20.0. The predicted molar refractivity (Wildman–Crippen MR) is 203 cm³/mol. The van der Waals surface area contributed by atoms with E-state index in [1.807, 2.05) is 12.1 Å². The highest BCUT2D eigenvalue weighted by Gasteiger charge is 2.57. The van der Waals surface area contributed by atoms with Gasteiger partial charge in [0.05, 0.1) is 53.0 Å². The molecule has 0 saturated carbocycles. The second-order valence-corrected chi connectivity index (χ2v) is 16.6. The van der Waals surface area contributed by atoms with Gasteiger partial charge in [-0.15, -0.1) is 0 Å². The molecule has 0 aromatic heterocycles. The maximum Gasteiger partial charge on any atom is 0.161 e. The van der Waals surface area contributed by atoms with E-state index in [2.05, 4.69) is 49.6 Å². The van der Waals surface area contributed by atoms with Gasteiger partial charge in [-0.05, 0) is 90.5 Å². The zero-order valence-corrected chi connectivity index (χ0v) is 32.9. The summed E-state index contributed by atoms with van der Waals surface area (Å²) in [5.74, 6) is 5.27. The second-order valence-electron chi connectivity index (χ2n) is 16.6. The van der Waals surface area contributed by atoms with Crippen LogP contribution in [0.2, 0.25) is 0 Å². The highest BCUT2D eigenvalue weighted by molar-refractivity contribution is 5.83. The van der Waals surface area contributed by atoms with E-state index in [1.165, 1.54) is 28.7 Å². The van der Waals surface area contributed by atoms with Crippen molar-refractivity contribution >= 4 is 5.78 Å². The lowest BCUT2D eigenvalue weighted by Gasteiger charge is -2.47. The van der Waals surface area contributed by atoms with Crippen molar-refractivity contribution in [3.8, 4) is 23.0 Å². The Labute approximate surface area is 315 Å². The Morgan fingerprint density at radius 1 is 0.774 bits per heavy atom. The molecule has 8 nitrogen and oxygen atoms in total. The van der Waals surface area contributed by atoms with Crippen LogP contribution >= 0.6 is 0 Å². The summed E-state index contributed by atoms with van der Waals surface area (Å²) in [6.45, 7) is 13.9. The predicted octanol–water partition coefficient (Wildman–Crippen LogP) is 8.14. The van der Waals surface area contributed by atoms with E-state index >= 15 is 0 Å². The van der Waals surface area contributed by atoms with Crippen LogP contribution in [0.4, 0.5) is 8.78 Å². The molecule has 0 N–H and O–H groups in total. The molecule has 3 saturated heterocycles. The molecule has 0 aliphatic carbocycles. The van der Waals surface area contributed by atoms with Gasteiger partial charge in [0.15, 0.2) is 23.0 Å². The number of carbonyl (C=O) groups is 1. The second kappa shape index (κ2) is 17.7. The van der Waals surface area contributed by atoms with Gasteiger partial charge in [0.2, 0.25) is 0 Å². The molecular weight excluding hydrogens is 677 g/mol. The molecule has 0 bridgehead atoms. The summed E-state index contributed by atoms with van der Waals surface area (Å²) >= 11 is 0. The van der Waals surface area contributed by atoms with Crippen LogP contribution in [0.5, 0.6) is 23.0 Å². The van der Waals surface area contributed by atoms with E-state index in [0.717, 1.165) is 70.0 Å². The molecule has 1 spiro atoms. The lowest BCUT2D eigenvalue weighted by atomic mass is 9.74. The maximum atomic E-state index is 12.7. The Bertz CT molecular complexity index is 1550. The molecule has 2 unspecified atom stereocenters. The van der Waals surface area contributed by atoms with Gasteiger partial charge in [0.25, 0.3) is 0 Å². The number of fused-ring (bicyclic) bond motifs is 6. The standard InChI is InChI=1S/C22H32FNO3.C21H30FNO3/c1-15(2)9-17-13-24-7-5-16-10-21(26-8-4-6-23)20(25-3)11-18(16)19(24)12-22(17)14-27-22;1-14(2)9-16-13-23-7-5-15-10-21(26-8-4-6-22)20(25-3)11-17(15)18(23)12-19(16)24/h10-11,15,17,19H,4-9,12-14H2,1-3H3;10-11,14,16,18H,4-9,12-13H2,1-3H3/t17-,19-,22+;/m1./s1/i23-1;. The molecule has 5 aliphatic heterocycles. The fourth-order valence-corrected chi connectivity index (χ4v) is 9.22. The molecule has 5 aliphatic rings. The van der Waals surface area contributed by atoms with Crippen molar-refractivity contribution in [2.45, 2.75) is 96.7 Å². The summed E-state index contributed by atoms with van der Waals surface area (Å²) < 4.78 is 53.4. The van der Waals surface area contributed by atoms with Gasteiger partial charge in [-0.25, -0.2) is 0 Å². The molecule has 2 aromatic carbocycles. The van der Waals surface area contributed by atoms with Crippen molar-refractivity contribution in [3.05, 3.63) is 46.5 Å². The minimum Gasteiger partial charge on any atom is -0.493 e. The molecule has 5 atom stereocenters. The van der Waals surface area contributed by atoms with Crippen molar-refractivity contribution in [1.29, 1.82) is 0 Å². The van der Waals surface area contributed by atoms with Crippen LogP contribution < -0.4 is 18.9 Å². The Balaban J connectivity index is 0.000000182. The van der Waals surface area contributed by atoms with Crippen LogP contribution in [0, 0.1) is 23.7 Å². The quantitative estimate of drug-likeness (QED) is 0.142. The molecule has 2 aromatic rings. The topological polar surface area (TPSA) is 73.0 Å². The zero-order valence-electron chi connectivity index (χ0n) is 32.9. The summed E-state index contributed by atoms with van der Waals surface area (Å²) in [6.07, 6.45) is 6.62. The van der Waals surface area contributed by atoms with Crippen molar-refractivity contribution in [1.82, 2.24) is 9.80 Å². The van der Waals surface area contributed by atoms with Crippen molar-refractivity contribution in [2.24, 2.45) is 23.7 Å². The van der Waals surface area contributed by atoms with Crippen molar-refractivity contribution in [2.75, 3.05) is 73.6 Å². The number of alkyl halides is 2. The number of ether oxygens (including phenoxy) is 5. The maximum absolute atomic E-state index is 12.7. The number of piperidine rings is 2. The molecule has 7 rings (SSSR count). The molecular formula is C43H62F2N2O6. The average Bonchev–Trinajstić information content (AvgIpc) is 3.91. The number of Topliss-reactive ketones (excluding diaryl/α,β-unsaturated/α-hetero) is 1. The van der Waals surface area contributed by atoms with Gasteiger partial charge in [-0.2, -0.15) is 0 Å². The van der Waals surface area contributed by atoms with Crippen LogP contribution in [0.1, 0.15) is 101 Å². The van der Waals surface area contributed by atoms with Crippen LogP contribution in [0.25, 0.3) is 0 Å². The summed E-state index contributed by atoms with van der Waals surface area (Å²) in [4.78, 5) is 17.8. The normalized spacial score (nSPS) is 26.3. The molecule has 0 radical (unpaired) electrons. The molecule has 5 heterocycles. The number of methoxy groups -OCH3 is 2. The number of rotatable bonds is 14. The van der Waals surface area contributed by atoms with E-state index in [1.54, 1.807) is 14.2 Å². The smallest absolute Gasteiger partial charge is 0.161 e. The van der Waals surface area contributed by atoms with Crippen LogP contribution in [0.15, 0.2) is 24.3 Å². The number of benzene rings is 2. The van der Waals surface area contributed by atoms with Gasteiger partial charge in [0, 0.05) is 69.4 Å². The fraction of sp³-hybridized carbons (Fsp3) is 0.698. The number of halogens is 2. The van der Waals surface area contributed by atoms with Crippen LogP contribution in [-0.2, 0) is 22.4 Å². The third-order valence-corrected chi connectivity index (χ3v) is 11.9. The van der Waals surface area contributed by atoms with E-state index < -0.39 is 0 Å². The third kappa shape index (κ3) is 9.13. The van der Waals surface area contributed by atoms with Gasteiger partial charge in [0.1, 0.15) is 5.78 Å². The summed E-state index contributed by atoms with van der Waals surface area (Å²) in [6, 6.07) is 8.85. The van der Waals surface area contributed by atoms with E-state index in [-0.39, 0.29) is 30.9 Å². The van der Waals surface area contributed by atoms with Gasteiger partial charge in [-0.3, -0.25) is 23.4 Å². The highest BCUT2D eigenvalue weighted by Crippen LogP contribution is 2.53.